The van der Waals surface area contributed by atoms with Crippen LogP contribution >= 0.6 is 11.6 Å². The molecule has 3 heteroatoms. The maximum atomic E-state index is 8.84. The number of aliphatic hydroxyl groups excluding tert-OH is 1. The van der Waals surface area contributed by atoms with Crippen molar-refractivity contribution in [2.45, 2.75) is 13.3 Å². The van der Waals surface area contributed by atoms with Gasteiger partial charge < -0.3 is 9.84 Å². The second-order valence-corrected chi connectivity index (χ2v) is 3.83. The number of hydrogen-bond donors (Lipinski definition) is 1. The van der Waals surface area contributed by atoms with Crippen LogP contribution in [0.1, 0.15) is 12.5 Å². The molecule has 1 N–H and O–H groups in total. The second-order valence-electron chi connectivity index (χ2n) is 3.45. The van der Waals surface area contributed by atoms with Gasteiger partial charge in [0.25, 0.3) is 0 Å². The Kier molecular flexibility index (Phi) is 4.66. The lowest BCUT2D eigenvalue weighted by atomic mass is 10.1. The Hall–Kier alpha value is -0.990. The zero-order chi connectivity index (χ0) is 11.3. The fourth-order valence-corrected chi connectivity index (χ4v) is 1.46. The summed E-state index contributed by atoms with van der Waals surface area (Å²) in [4.78, 5) is 0. The third-order valence-electron chi connectivity index (χ3n) is 1.90. The predicted octanol–water partition coefficient (Wildman–Crippen LogP) is 2.83. The van der Waals surface area contributed by atoms with E-state index in [0.29, 0.717) is 23.8 Å². The van der Waals surface area contributed by atoms with Crippen molar-refractivity contribution in [2.24, 2.45) is 0 Å². The maximum Gasteiger partial charge on any atom is 0.138 e. The van der Waals surface area contributed by atoms with Crippen molar-refractivity contribution in [1.29, 1.82) is 0 Å². The minimum Gasteiger partial charge on any atom is -0.488 e. The van der Waals surface area contributed by atoms with Gasteiger partial charge in [-0.05, 0) is 30.5 Å². The highest BCUT2D eigenvalue weighted by atomic mass is 35.5. The smallest absolute Gasteiger partial charge is 0.138 e. The standard InChI is InChI=1S/C12H15ClO2/c1-9(2)8-15-11-5-3-4-10(6-7-14)12(11)13/h3-5,14H,1,6-8H2,2H3. The van der Waals surface area contributed by atoms with Crippen LogP contribution in [0.15, 0.2) is 30.4 Å². The van der Waals surface area contributed by atoms with Crippen LogP contribution in [0.2, 0.25) is 5.02 Å². The third-order valence-corrected chi connectivity index (χ3v) is 2.33. The number of aliphatic hydroxyl groups is 1. The van der Waals surface area contributed by atoms with E-state index in [-0.39, 0.29) is 6.61 Å². The van der Waals surface area contributed by atoms with Gasteiger partial charge in [0, 0.05) is 6.61 Å². The normalized spacial score (nSPS) is 10.1. The topological polar surface area (TPSA) is 29.5 Å². The van der Waals surface area contributed by atoms with Gasteiger partial charge in [0.2, 0.25) is 0 Å². The first-order valence-electron chi connectivity index (χ1n) is 4.80. The molecule has 1 aromatic carbocycles. The van der Waals surface area contributed by atoms with Crippen LogP contribution in [-0.2, 0) is 6.42 Å². The van der Waals surface area contributed by atoms with Gasteiger partial charge in [0.15, 0.2) is 0 Å². The molecule has 0 atom stereocenters. The van der Waals surface area contributed by atoms with Crippen molar-refractivity contribution in [2.75, 3.05) is 13.2 Å². The molecule has 0 aliphatic heterocycles. The SMILES string of the molecule is C=C(C)COc1cccc(CCO)c1Cl. The molecule has 1 aromatic rings. The van der Waals surface area contributed by atoms with Crippen LogP contribution in [0.4, 0.5) is 0 Å². The maximum absolute atomic E-state index is 8.84. The Labute approximate surface area is 95.1 Å². The number of hydrogen-bond acceptors (Lipinski definition) is 2. The predicted molar refractivity (Wildman–Crippen MR) is 62.6 cm³/mol. The summed E-state index contributed by atoms with van der Waals surface area (Å²) < 4.78 is 5.47. The van der Waals surface area contributed by atoms with Crippen molar-refractivity contribution in [3.63, 3.8) is 0 Å². The molecule has 0 saturated heterocycles. The van der Waals surface area contributed by atoms with Gasteiger partial charge in [0.1, 0.15) is 12.4 Å². The highest BCUT2D eigenvalue weighted by Crippen LogP contribution is 2.28. The second kappa shape index (κ2) is 5.79. The Morgan fingerprint density at radius 2 is 2.27 bits per heavy atom. The van der Waals surface area contributed by atoms with Gasteiger partial charge in [0.05, 0.1) is 5.02 Å². The van der Waals surface area contributed by atoms with Crippen LogP contribution in [-0.4, -0.2) is 18.3 Å². The highest BCUT2D eigenvalue weighted by Gasteiger charge is 2.06. The molecule has 2 nitrogen and oxygen atoms in total. The molecular formula is C12H15ClO2. The summed E-state index contributed by atoms with van der Waals surface area (Å²) in [5.74, 6) is 0.644. The minimum atomic E-state index is 0.0870. The van der Waals surface area contributed by atoms with Crippen LogP contribution < -0.4 is 4.74 Å². The van der Waals surface area contributed by atoms with E-state index in [9.17, 15) is 0 Å². The fourth-order valence-electron chi connectivity index (χ4n) is 1.18. The average Bonchev–Trinajstić information content (AvgIpc) is 2.19. The van der Waals surface area contributed by atoms with E-state index in [1.807, 2.05) is 25.1 Å². The zero-order valence-electron chi connectivity index (χ0n) is 8.79. The van der Waals surface area contributed by atoms with Crippen molar-refractivity contribution in [3.05, 3.63) is 40.9 Å². The molecule has 0 aliphatic rings. The van der Waals surface area contributed by atoms with Gasteiger partial charge >= 0.3 is 0 Å². The van der Waals surface area contributed by atoms with Gasteiger partial charge in [-0.25, -0.2) is 0 Å². The zero-order valence-corrected chi connectivity index (χ0v) is 9.55. The molecule has 0 fully saturated rings. The highest BCUT2D eigenvalue weighted by molar-refractivity contribution is 6.32. The molecule has 0 radical (unpaired) electrons. The molecule has 0 unspecified atom stereocenters. The summed E-state index contributed by atoms with van der Waals surface area (Å²) in [7, 11) is 0. The first-order valence-corrected chi connectivity index (χ1v) is 5.18. The molecule has 0 saturated carbocycles. The van der Waals surface area contributed by atoms with E-state index >= 15 is 0 Å². The van der Waals surface area contributed by atoms with Gasteiger partial charge in [-0.1, -0.05) is 30.3 Å². The molecule has 15 heavy (non-hydrogen) atoms. The van der Waals surface area contributed by atoms with Gasteiger partial charge in [-0.2, -0.15) is 0 Å². The van der Waals surface area contributed by atoms with E-state index < -0.39 is 0 Å². The lowest BCUT2D eigenvalue weighted by Gasteiger charge is -2.10. The largest absolute Gasteiger partial charge is 0.488 e. The summed E-state index contributed by atoms with van der Waals surface area (Å²) in [6, 6.07) is 5.56. The van der Waals surface area contributed by atoms with Crippen molar-refractivity contribution in [1.82, 2.24) is 0 Å². The molecular weight excluding hydrogens is 212 g/mol. The molecule has 0 aromatic heterocycles. The Morgan fingerprint density at radius 3 is 2.87 bits per heavy atom. The first kappa shape index (κ1) is 12.1. The Balaban J connectivity index is 2.79. The Bertz CT molecular complexity index is 347. The summed E-state index contributed by atoms with van der Waals surface area (Å²) in [6.45, 7) is 6.19. The molecule has 0 spiro atoms. The van der Waals surface area contributed by atoms with E-state index in [2.05, 4.69) is 6.58 Å². The summed E-state index contributed by atoms with van der Waals surface area (Å²) in [5, 5.41) is 9.42. The third kappa shape index (κ3) is 3.57. The summed E-state index contributed by atoms with van der Waals surface area (Å²) in [6.07, 6.45) is 0.545. The minimum absolute atomic E-state index is 0.0870. The number of rotatable bonds is 5. The first-order chi connectivity index (χ1) is 7.15. The van der Waals surface area contributed by atoms with Crippen molar-refractivity contribution < 1.29 is 9.84 Å². The molecule has 0 aliphatic carbocycles. The summed E-state index contributed by atoms with van der Waals surface area (Å²) >= 11 is 6.11. The van der Waals surface area contributed by atoms with Crippen LogP contribution in [0.5, 0.6) is 5.75 Å². The van der Waals surface area contributed by atoms with Crippen molar-refractivity contribution in [3.8, 4) is 5.75 Å². The fraction of sp³-hybridized carbons (Fsp3) is 0.333. The van der Waals surface area contributed by atoms with Crippen molar-refractivity contribution >= 4 is 11.6 Å². The molecule has 0 amide bonds. The van der Waals surface area contributed by atoms with Gasteiger partial charge in [-0.3, -0.25) is 0 Å². The van der Waals surface area contributed by atoms with Crippen LogP contribution in [0.3, 0.4) is 0 Å². The molecule has 1 rings (SSSR count). The Morgan fingerprint density at radius 1 is 1.53 bits per heavy atom. The van der Waals surface area contributed by atoms with Gasteiger partial charge in [-0.15, -0.1) is 0 Å². The van der Waals surface area contributed by atoms with Crippen LogP contribution in [0, 0.1) is 0 Å². The van der Waals surface area contributed by atoms with E-state index in [1.54, 1.807) is 0 Å². The van der Waals surface area contributed by atoms with Crippen LogP contribution in [0.25, 0.3) is 0 Å². The molecule has 0 heterocycles. The van der Waals surface area contributed by atoms with E-state index in [1.165, 1.54) is 0 Å². The molecule has 0 bridgehead atoms. The lowest BCUT2D eigenvalue weighted by Crippen LogP contribution is -2.00. The number of halogens is 1. The average molecular weight is 227 g/mol. The molecule has 82 valence electrons. The summed E-state index contributed by atoms with van der Waals surface area (Å²) in [5.41, 5.74) is 1.84. The monoisotopic (exact) mass is 226 g/mol. The number of ether oxygens (including phenoxy) is 1. The van der Waals surface area contributed by atoms with E-state index in [0.717, 1.165) is 11.1 Å². The van der Waals surface area contributed by atoms with E-state index in [4.69, 9.17) is 21.4 Å². The lowest BCUT2D eigenvalue weighted by molar-refractivity contribution is 0.299. The quantitative estimate of drug-likeness (QED) is 0.783. The number of benzene rings is 1.